The summed E-state index contributed by atoms with van der Waals surface area (Å²) in [5.41, 5.74) is 1.27. The molecule has 1 heteroatoms. The van der Waals surface area contributed by atoms with Gasteiger partial charge in [0.05, 0.1) is 0 Å². The van der Waals surface area contributed by atoms with E-state index >= 15 is 0 Å². The maximum atomic E-state index is 5.26. The summed E-state index contributed by atoms with van der Waals surface area (Å²) in [6.45, 7) is 2.45. The van der Waals surface area contributed by atoms with Crippen molar-refractivity contribution in [1.82, 2.24) is 0 Å². The normalized spacial score (nSPS) is 9.00. The predicted molar refractivity (Wildman–Crippen MR) is 50.1 cm³/mol. The van der Waals surface area contributed by atoms with Gasteiger partial charge in [-0.3, -0.25) is 0 Å². The van der Waals surface area contributed by atoms with Crippen LogP contribution in [0.25, 0.3) is 0 Å². The first kappa shape index (κ1) is 8.67. The fourth-order valence-corrected chi connectivity index (χ4v) is 0.980. The molecule has 0 atom stereocenters. The van der Waals surface area contributed by atoms with Crippen molar-refractivity contribution in [3.63, 3.8) is 0 Å². The molecule has 0 saturated heterocycles. The summed E-state index contributed by atoms with van der Waals surface area (Å²) in [5.74, 6) is 3.29. The number of benzene rings is 1. The highest BCUT2D eigenvalue weighted by atomic mass is 16.5. The van der Waals surface area contributed by atoms with E-state index in [9.17, 15) is 0 Å². The topological polar surface area (TPSA) is 9.23 Å². The maximum Gasteiger partial charge on any atom is 0.148 e. The zero-order valence-electron chi connectivity index (χ0n) is 7.21. The summed E-state index contributed by atoms with van der Waals surface area (Å²) in [6, 6.07) is 7.97. The number of hydrogen-bond acceptors (Lipinski definition) is 1. The van der Waals surface area contributed by atoms with Gasteiger partial charge in [0.25, 0.3) is 0 Å². The molecule has 1 aromatic carbocycles. The van der Waals surface area contributed by atoms with Crippen LogP contribution in [0.15, 0.2) is 24.3 Å². The fourth-order valence-electron chi connectivity index (χ4n) is 0.980. The Kier molecular flexibility index (Phi) is 3.22. The molecule has 1 nitrogen and oxygen atoms in total. The van der Waals surface area contributed by atoms with E-state index in [1.165, 1.54) is 5.56 Å². The highest BCUT2D eigenvalue weighted by Gasteiger charge is 1.92. The molecule has 0 radical (unpaired) electrons. The zero-order valence-corrected chi connectivity index (χ0v) is 7.21. The number of terminal acetylenes is 1. The summed E-state index contributed by atoms with van der Waals surface area (Å²) in [4.78, 5) is 0. The Morgan fingerprint density at radius 3 is 3.00 bits per heavy atom. The number of rotatable bonds is 3. The lowest BCUT2D eigenvalue weighted by Gasteiger charge is -2.03. The molecule has 0 N–H and O–H groups in total. The van der Waals surface area contributed by atoms with Gasteiger partial charge in [0.2, 0.25) is 0 Å². The van der Waals surface area contributed by atoms with Gasteiger partial charge in [-0.1, -0.05) is 25.0 Å². The van der Waals surface area contributed by atoms with Crippen LogP contribution in [0.3, 0.4) is 0 Å². The van der Waals surface area contributed by atoms with Gasteiger partial charge in [0.1, 0.15) is 12.4 Å². The molecule has 0 spiro atoms. The average Bonchev–Trinajstić information content (AvgIpc) is 2.15. The van der Waals surface area contributed by atoms with Crippen LogP contribution in [0.1, 0.15) is 12.5 Å². The van der Waals surface area contributed by atoms with Crippen LogP contribution in [0.4, 0.5) is 0 Å². The van der Waals surface area contributed by atoms with Crippen molar-refractivity contribution < 1.29 is 4.74 Å². The Morgan fingerprint density at radius 1 is 1.50 bits per heavy atom. The molecule has 1 aromatic rings. The van der Waals surface area contributed by atoms with E-state index in [1.807, 2.05) is 18.2 Å². The molecule has 0 aliphatic heterocycles. The van der Waals surface area contributed by atoms with Gasteiger partial charge < -0.3 is 4.74 Å². The largest absolute Gasteiger partial charge is 0.481 e. The molecule has 0 aromatic heterocycles. The first-order valence-corrected chi connectivity index (χ1v) is 4.02. The molecule has 0 aliphatic rings. The summed E-state index contributed by atoms with van der Waals surface area (Å²) in [7, 11) is 0. The van der Waals surface area contributed by atoms with Gasteiger partial charge in [-0.05, 0) is 24.1 Å². The van der Waals surface area contributed by atoms with E-state index in [-0.39, 0.29) is 0 Å². The molecule has 0 aliphatic carbocycles. The highest BCUT2D eigenvalue weighted by molar-refractivity contribution is 5.28. The molecule has 0 amide bonds. The van der Waals surface area contributed by atoms with E-state index in [4.69, 9.17) is 11.2 Å². The average molecular weight is 160 g/mol. The Bertz CT molecular complexity index is 283. The lowest BCUT2D eigenvalue weighted by Crippen LogP contribution is -1.93. The highest BCUT2D eigenvalue weighted by Crippen LogP contribution is 2.13. The van der Waals surface area contributed by atoms with E-state index in [0.29, 0.717) is 6.61 Å². The molecule has 12 heavy (non-hydrogen) atoms. The predicted octanol–water partition coefficient (Wildman–Crippen LogP) is 2.26. The van der Waals surface area contributed by atoms with Crippen LogP contribution in [-0.2, 0) is 6.42 Å². The number of hydrogen-bond donors (Lipinski definition) is 0. The quantitative estimate of drug-likeness (QED) is 0.616. The minimum absolute atomic E-state index is 0.340. The van der Waals surface area contributed by atoms with E-state index in [0.717, 1.165) is 12.2 Å². The van der Waals surface area contributed by atoms with Crippen LogP contribution < -0.4 is 4.74 Å². The lowest BCUT2D eigenvalue weighted by molar-refractivity contribution is 0.370. The smallest absolute Gasteiger partial charge is 0.148 e. The second-order valence-corrected chi connectivity index (χ2v) is 2.49. The molecule has 0 heterocycles. The number of aryl methyl sites for hydroxylation is 1. The first-order valence-electron chi connectivity index (χ1n) is 4.02. The second-order valence-electron chi connectivity index (χ2n) is 2.49. The van der Waals surface area contributed by atoms with Crippen molar-refractivity contribution >= 4 is 0 Å². The van der Waals surface area contributed by atoms with E-state index in [2.05, 4.69) is 18.9 Å². The van der Waals surface area contributed by atoms with Crippen molar-refractivity contribution in [3.05, 3.63) is 29.8 Å². The molecule has 62 valence electrons. The van der Waals surface area contributed by atoms with Crippen LogP contribution in [0.5, 0.6) is 5.75 Å². The maximum absolute atomic E-state index is 5.26. The Morgan fingerprint density at radius 2 is 2.33 bits per heavy atom. The first-order chi connectivity index (χ1) is 5.86. The standard InChI is InChI=1S/C11H12O/c1-3-8-12-11-7-5-6-10(4-2)9-11/h1,5-7,9H,4,8H2,2H3. The monoisotopic (exact) mass is 160 g/mol. The van der Waals surface area contributed by atoms with Crippen molar-refractivity contribution in [2.24, 2.45) is 0 Å². The molecular weight excluding hydrogens is 148 g/mol. The summed E-state index contributed by atoms with van der Waals surface area (Å²) >= 11 is 0. The summed E-state index contributed by atoms with van der Waals surface area (Å²) < 4.78 is 5.26. The Hall–Kier alpha value is -1.42. The molecule has 0 saturated carbocycles. The van der Waals surface area contributed by atoms with Gasteiger partial charge >= 0.3 is 0 Å². The summed E-state index contributed by atoms with van der Waals surface area (Å²) in [5, 5.41) is 0. The van der Waals surface area contributed by atoms with Crippen LogP contribution in [-0.4, -0.2) is 6.61 Å². The van der Waals surface area contributed by atoms with Gasteiger partial charge in [-0.15, -0.1) is 6.42 Å². The third-order valence-electron chi connectivity index (χ3n) is 1.63. The van der Waals surface area contributed by atoms with E-state index in [1.54, 1.807) is 0 Å². The van der Waals surface area contributed by atoms with Gasteiger partial charge in [-0.2, -0.15) is 0 Å². The number of ether oxygens (including phenoxy) is 1. The fraction of sp³-hybridized carbons (Fsp3) is 0.273. The van der Waals surface area contributed by atoms with Crippen LogP contribution in [0, 0.1) is 12.3 Å². The zero-order chi connectivity index (χ0) is 8.81. The third-order valence-corrected chi connectivity index (χ3v) is 1.63. The van der Waals surface area contributed by atoms with Crippen molar-refractivity contribution in [3.8, 4) is 18.1 Å². The molecule has 0 fully saturated rings. The molecule has 1 rings (SSSR count). The van der Waals surface area contributed by atoms with Crippen molar-refractivity contribution in [2.45, 2.75) is 13.3 Å². The molecular formula is C11H12O. The summed E-state index contributed by atoms with van der Waals surface area (Å²) in [6.07, 6.45) is 6.09. The van der Waals surface area contributed by atoms with Gasteiger partial charge in [0, 0.05) is 0 Å². The SMILES string of the molecule is C#CCOc1cccc(CC)c1. The van der Waals surface area contributed by atoms with Crippen LogP contribution >= 0.6 is 0 Å². The minimum Gasteiger partial charge on any atom is -0.481 e. The third kappa shape index (κ3) is 2.32. The molecule has 0 unspecified atom stereocenters. The van der Waals surface area contributed by atoms with Crippen molar-refractivity contribution in [2.75, 3.05) is 6.61 Å². The van der Waals surface area contributed by atoms with Crippen LogP contribution in [0.2, 0.25) is 0 Å². The van der Waals surface area contributed by atoms with Crippen molar-refractivity contribution in [1.29, 1.82) is 0 Å². The lowest BCUT2D eigenvalue weighted by atomic mass is 10.2. The second kappa shape index (κ2) is 4.46. The van der Waals surface area contributed by atoms with E-state index < -0.39 is 0 Å². The Balaban J connectivity index is 2.67. The molecule has 0 bridgehead atoms. The Labute approximate surface area is 73.4 Å². The minimum atomic E-state index is 0.340. The van der Waals surface area contributed by atoms with Gasteiger partial charge in [-0.25, -0.2) is 0 Å². The van der Waals surface area contributed by atoms with Gasteiger partial charge in [0.15, 0.2) is 0 Å².